The van der Waals surface area contributed by atoms with Crippen LogP contribution in [0.3, 0.4) is 0 Å². The number of carbonyl (C=O) groups excluding carboxylic acids is 2. The predicted molar refractivity (Wildman–Crippen MR) is 93.6 cm³/mol. The Morgan fingerprint density at radius 1 is 0.920 bits per heavy atom. The Kier molecular flexibility index (Phi) is 5.42. The minimum Gasteiger partial charge on any atom is -0.325 e. The van der Waals surface area contributed by atoms with Crippen molar-refractivity contribution < 1.29 is 18.4 Å². The molecule has 0 spiro atoms. The summed E-state index contributed by atoms with van der Waals surface area (Å²) in [6.07, 6.45) is 0. The van der Waals surface area contributed by atoms with Crippen molar-refractivity contribution in [2.75, 3.05) is 10.6 Å². The molecule has 4 nitrogen and oxygen atoms in total. The minimum absolute atomic E-state index is 0.0585. The Balaban J connectivity index is 2.12. The normalized spacial score (nSPS) is 11.1. The first kappa shape index (κ1) is 18.9. The molecule has 25 heavy (non-hydrogen) atoms. The molecule has 2 N–H and O–H groups in total. The molecule has 2 amide bonds. The molecule has 0 radical (unpaired) electrons. The number of nitrogens with one attached hydrogen (secondary N) is 2. The average molecular weight is 367 g/mol. The van der Waals surface area contributed by atoms with Gasteiger partial charge in [-0.15, -0.1) is 0 Å². The molecule has 0 aromatic heterocycles. The van der Waals surface area contributed by atoms with Gasteiger partial charge < -0.3 is 10.6 Å². The van der Waals surface area contributed by atoms with Crippen LogP contribution in [0.25, 0.3) is 0 Å². The molecule has 0 fully saturated rings. The van der Waals surface area contributed by atoms with Crippen molar-refractivity contribution in [2.45, 2.75) is 20.8 Å². The van der Waals surface area contributed by atoms with Crippen LogP contribution in [-0.4, -0.2) is 11.8 Å². The lowest BCUT2D eigenvalue weighted by molar-refractivity contribution is -0.135. The van der Waals surface area contributed by atoms with Gasteiger partial charge in [-0.1, -0.05) is 17.7 Å². The smallest absolute Gasteiger partial charge is 0.239 e. The van der Waals surface area contributed by atoms with E-state index in [2.05, 4.69) is 10.6 Å². The Labute approximate surface area is 149 Å². The van der Waals surface area contributed by atoms with Gasteiger partial charge in [0.05, 0.1) is 0 Å². The largest absolute Gasteiger partial charge is 0.325 e. The molecule has 2 aromatic carbocycles. The van der Waals surface area contributed by atoms with Crippen LogP contribution in [-0.2, 0) is 9.59 Å². The molecule has 2 rings (SSSR count). The first-order valence-electron chi connectivity index (χ1n) is 7.45. The molecular weight excluding hydrogens is 350 g/mol. The highest BCUT2D eigenvalue weighted by Gasteiger charge is 2.36. The summed E-state index contributed by atoms with van der Waals surface area (Å²) in [5.74, 6) is -3.33. The molecule has 2 aromatic rings. The summed E-state index contributed by atoms with van der Waals surface area (Å²) in [6, 6.07) is 7.95. The zero-order chi connectivity index (χ0) is 18.8. The van der Waals surface area contributed by atoms with E-state index < -0.39 is 28.9 Å². The Bertz CT molecular complexity index is 770. The summed E-state index contributed by atoms with van der Waals surface area (Å²) in [5, 5.41) is 5.51. The predicted octanol–water partition coefficient (Wildman–Crippen LogP) is 4.53. The molecular formula is C18H17ClF2N2O2. The summed E-state index contributed by atoms with van der Waals surface area (Å²) in [5.41, 5.74) is -0.0881. The summed E-state index contributed by atoms with van der Waals surface area (Å²) >= 11 is 6.01. The van der Waals surface area contributed by atoms with E-state index in [9.17, 15) is 18.4 Å². The van der Waals surface area contributed by atoms with E-state index in [1.165, 1.54) is 19.9 Å². The number of rotatable bonds is 4. The van der Waals surface area contributed by atoms with Crippen LogP contribution in [0.2, 0.25) is 5.02 Å². The van der Waals surface area contributed by atoms with Gasteiger partial charge in [0.2, 0.25) is 11.8 Å². The lowest BCUT2D eigenvalue weighted by atomic mass is 9.90. The van der Waals surface area contributed by atoms with Gasteiger partial charge in [-0.2, -0.15) is 0 Å². The first-order chi connectivity index (χ1) is 11.6. The molecule has 0 saturated carbocycles. The number of amides is 2. The van der Waals surface area contributed by atoms with Gasteiger partial charge in [0.25, 0.3) is 0 Å². The van der Waals surface area contributed by atoms with Gasteiger partial charge in [0.15, 0.2) is 11.6 Å². The molecule has 0 unspecified atom stereocenters. The zero-order valence-corrected chi connectivity index (χ0v) is 14.7. The molecule has 0 atom stereocenters. The topological polar surface area (TPSA) is 58.2 Å². The first-order valence-corrected chi connectivity index (χ1v) is 7.83. The lowest BCUT2D eigenvalue weighted by Crippen LogP contribution is -2.41. The van der Waals surface area contributed by atoms with E-state index in [-0.39, 0.29) is 5.69 Å². The van der Waals surface area contributed by atoms with Crippen LogP contribution in [0.15, 0.2) is 36.4 Å². The van der Waals surface area contributed by atoms with Crippen molar-refractivity contribution in [3.8, 4) is 0 Å². The van der Waals surface area contributed by atoms with Crippen LogP contribution in [0.5, 0.6) is 0 Å². The van der Waals surface area contributed by atoms with E-state index >= 15 is 0 Å². The number of halogens is 3. The number of anilines is 2. The third-order valence-electron chi connectivity index (χ3n) is 3.74. The number of aryl methyl sites for hydroxylation is 1. The minimum atomic E-state index is -1.46. The van der Waals surface area contributed by atoms with E-state index in [1.807, 2.05) is 6.92 Å². The highest BCUT2D eigenvalue weighted by atomic mass is 35.5. The molecule has 0 saturated heterocycles. The van der Waals surface area contributed by atoms with Crippen molar-refractivity contribution in [2.24, 2.45) is 5.41 Å². The summed E-state index contributed by atoms with van der Waals surface area (Å²) in [4.78, 5) is 24.8. The second-order valence-electron chi connectivity index (χ2n) is 6.13. The van der Waals surface area contributed by atoms with E-state index in [4.69, 9.17) is 11.6 Å². The Morgan fingerprint density at radius 2 is 1.44 bits per heavy atom. The van der Waals surface area contributed by atoms with Crippen LogP contribution in [0.4, 0.5) is 20.2 Å². The summed E-state index contributed by atoms with van der Waals surface area (Å²) in [6.45, 7) is 4.67. The van der Waals surface area contributed by atoms with Gasteiger partial charge in [-0.25, -0.2) is 8.78 Å². The lowest BCUT2D eigenvalue weighted by Gasteiger charge is -2.23. The fraction of sp³-hybridized carbons (Fsp3) is 0.222. The van der Waals surface area contributed by atoms with Gasteiger partial charge in [0.1, 0.15) is 5.41 Å². The van der Waals surface area contributed by atoms with E-state index in [0.717, 1.165) is 17.7 Å². The highest BCUT2D eigenvalue weighted by Crippen LogP contribution is 2.25. The van der Waals surface area contributed by atoms with Crippen molar-refractivity contribution in [3.63, 3.8) is 0 Å². The van der Waals surface area contributed by atoms with Gasteiger partial charge in [0, 0.05) is 22.5 Å². The molecule has 0 aliphatic heterocycles. The van der Waals surface area contributed by atoms with Gasteiger partial charge >= 0.3 is 0 Å². The molecule has 0 bridgehead atoms. The van der Waals surface area contributed by atoms with Gasteiger partial charge in [-0.05, 0) is 50.6 Å². The maximum Gasteiger partial charge on any atom is 0.239 e. The third-order valence-corrected chi connectivity index (χ3v) is 4.15. The molecule has 0 aliphatic carbocycles. The van der Waals surface area contributed by atoms with Crippen LogP contribution in [0.1, 0.15) is 19.4 Å². The number of hydrogen-bond donors (Lipinski definition) is 2. The standard InChI is InChI=1S/C18H17ClF2N2O2/c1-10-4-5-11(8-13(10)19)22-16(24)18(2,3)17(25)23-12-6-7-14(20)15(21)9-12/h4-9H,1-3H3,(H,22,24)(H,23,25). The molecule has 132 valence electrons. The van der Waals surface area contributed by atoms with Crippen molar-refractivity contribution >= 4 is 34.8 Å². The van der Waals surface area contributed by atoms with Crippen LogP contribution < -0.4 is 10.6 Å². The molecule has 0 aliphatic rings. The number of hydrogen-bond acceptors (Lipinski definition) is 2. The number of carbonyl (C=O) groups is 2. The summed E-state index contributed by atoms with van der Waals surface area (Å²) in [7, 11) is 0. The average Bonchev–Trinajstić information content (AvgIpc) is 2.54. The Hall–Kier alpha value is -2.47. The van der Waals surface area contributed by atoms with Crippen LogP contribution >= 0.6 is 11.6 Å². The highest BCUT2D eigenvalue weighted by molar-refractivity contribution is 6.31. The maximum atomic E-state index is 13.2. The third kappa shape index (κ3) is 4.33. The fourth-order valence-electron chi connectivity index (χ4n) is 1.92. The van der Waals surface area contributed by atoms with Crippen molar-refractivity contribution in [1.82, 2.24) is 0 Å². The molecule has 7 heteroatoms. The van der Waals surface area contributed by atoms with E-state index in [1.54, 1.807) is 18.2 Å². The molecule has 0 heterocycles. The second kappa shape index (κ2) is 7.19. The van der Waals surface area contributed by atoms with Gasteiger partial charge in [-0.3, -0.25) is 9.59 Å². The van der Waals surface area contributed by atoms with Crippen LogP contribution in [0, 0.1) is 24.0 Å². The van der Waals surface area contributed by atoms with Crippen molar-refractivity contribution in [1.29, 1.82) is 0 Å². The zero-order valence-electron chi connectivity index (χ0n) is 13.9. The SMILES string of the molecule is Cc1ccc(NC(=O)C(C)(C)C(=O)Nc2ccc(F)c(F)c2)cc1Cl. The monoisotopic (exact) mass is 366 g/mol. The number of benzene rings is 2. The Morgan fingerprint density at radius 3 is 1.96 bits per heavy atom. The van der Waals surface area contributed by atoms with E-state index in [0.29, 0.717) is 10.7 Å². The quantitative estimate of drug-likeness (QED) is 0.781. The summed E-state index contributed by atoms with van der Waals surface area (Å²) < 4.78 is 26.2. The maximum absolute atomic E-state index is 13.2. The van der Waals surface area contributed by atoms with Crippen molar-refractivity contribution in [3.05, 3.63) is 58.6 Å². The second-order valence-corrected chi connectivity index (χ2v) is 6.53. The fourth-order valence-corrected chi connectivity index (χ4v) is 2.10.